The number of amides is 1. The lowest BCUT2D eigenvalue weighted by Crippen LogP contribution is -2.51. The summed E-state index contributed by atoms with van der Waals surface area (Å²) < 4.78 is 0. The highest BCUT2D eigenvalue weighted by atomic mass is 32.2. The van der Waals surface area contributed by atoms with Crippen molar-refractivity contribution in [1.82, 2.24) is 20.5 Å². The van der Waals surface area contributed by atoms with Crippen molar-refractivity contribution < 1.29 is 4.79 Å². The van der Waals surface area contributed by atoms with Crippen LogP contribution < -0.4 is 10.6 Å². The number of aromatic nitrogens is 3. The maximum Gasteiger partial charge on any atom is 0.245 e. The van der Waals surface area contributed by atoms with Gasteiger partial charge in [0.05, 0.1) is 0 Å². The first-order valence-corrected chi connectivity index (χ1v) is 9.28. The summed E-state index contributed by atoms with van der Waals surface area (Å²) in [5, 5.41) is 13.9. The molecule has 0 spiro atoms. The Labute approximate surface area is 146 Å². The summed E-state index contributed by atoms with van der Waals surface area (Å²) in [6.45, 7) is 2.68. The Balaban J connectivity index is 1.55. The molecule has 128 valence electrons. The molecule has 1 aromatic heterocycles. The van der Waals surface area contributed by atoms with Crippen molar-refractivity contribution in [2.24, 2.45) is 0 Å². The van der Waals surface area contributed by atoms with Crippen LogP contribution in [-0.4, -0.2) is 38.9 Å². The van der Waals surface area contributed by atoms with E-state index in [1.807, 2.05) is 12.1 Å². The molecule has 1 heterocycles. The van der Waals surface area contributed by atoms with Crippen LogP contribution in [0.15, 0.2) is 35.7 Å². The highest BCUT2D eigenvalue weighted by Crippen LogP contribution is 2.33. The Morgan fingerprint density at radius 1 is 1.29 bits per heavy atom. The molecule has 1 aromatic carbocycles. The minimum atomic E-state index is -0.480. The van der Waals surface area contributed by atoms with E-state index in [4.69, 9.17) is 0 Å². The number of nitrogens with one attached hydrogen (secondary N) is 3. The molecule has 0 unspecified atom stereocenters. The summed E-state index contributed by atoms with van der Waals surface area (Å²) in [5.74, 6) is 0.861. The quantitative estimate of drug-likeness (QED) is 0.531. The summed E-state index contributed by atoms with van der Waals surface area (Å²) >= 11 is 1.55. The third-order valence-corrected chi connectivity index (χ3v) is 5.22. The molecule has 0 saturated heterocycles. The fourth-order valence-corrected chi connectivity index (χ4v) is 3.68. The number of aryl methyl sites for hydroxylation is 1. The van der Waals surface area contributed by atoms with Crippen LogP contribution in [0.4, 0.5) is 5.69 Å². The fourth-order valence-electron chi connectivity index (χ4n) is 3.05. The number of H-pyrrole nitrogens is 1. The summed E-state index contributed by atoms with van der Waals surface area (Å²) in [7, 11) is 0. The summed E-state index contributed by atoms with van der Waals surface area (Å²) in [5.41, 5.74) is 1.75. The van der Waals surface area contributed by atoms with Crippen molar-refractivity contribution in [3.63, 3.8) is 0 Å². The van der Waals surface area contributed by atoms with E-state index in [0.717, 1.165) is 42.3 Å². The Hall–Kier alpha value is -2.02. The standard InChI is InChI=1S/C17H23N5OS/c1-13-4-6-14(7-5-13)21-17(8-2-3-9-17)15(23)18-10-11-24-16-19-12-20-22-16/h4-7,12,21H,2-3,8-11H2,1H3,(H,18,23)(H,19,20,22). The molecule has 24 heavy (non-hydrogen) atoms. The monoisotopic (exact) mass is 345 g/mol. The number of thioether (sulfide) groups is 1. The smallest absolute Gasteiger partial charge is 0.245 e. The van der Waals surface area contributed by atoms with Crippen LogP contribution in [-0.2, 0) is 4.79 Å². The molecule has 1 fully saturated rings. The predicted molar refractivity (Wildman–Crippen MR) is 96.1 cm³/mol. The normalized spacial score (nSPS) is 16.0. The second kappa shape index (κ2) is 7.70. The van der Waals surface area contributed by atoms with E-state index in [9.17, 15) is 4.79 Å². The second-order valence-corrected chi connectivity index (χ2v) is 7.26. The second-order valence-electron chi connectivity index (χ2n) is 6.18. The number of aromatic amines is 1. The number of nitrogens with zero attached hydrogens (tertiary/aromatic N) is 2. The molecule has 0 atom stereocenters. The average molecular weight is 345 g/mol. The lowest BCUT2D eigenvalue weighted by Gasteiger charge is -2.30. The van der Waals surface area contributed by atoms with Gasteiger partial charge in [-0.3, -0.25) is 9.89 Å². The van der Waals surface area contributed by atoms with Gasteiger partial charge in [-0.05, 0) is 31.9 Å². The zero-order valence-corrected chi connectivity index (χ0v) is 14.7. The largest absolute Gasteiger partial charge is 0.371 e. The van der Waals surface area contributed by atoms with E-state index in [1.54, 1.807) is 11.8 Å². The molecule has 1 saturated carbocycles. The van der Waals surface area contributed by atoms with Gasteiger partial charge in [0.25, 0.3) is 0 Å². The van der Waals surface area contributed by atoms with Crippen LogP contribution in [0.1, 0.15) is 31.2 Å². The van der Waals surface area contributed by atoms with E-state index in [1.165, 1.54) is 11.9 Å². The first-order chi connectivity index (χ1) is 11.7. The zero-order valence-electron chi connectivity index (χ0n) is 13.8. The fraction of sp³-hybridized carbons (Fsp3) is 0.471. The molecule has 3 N–H and O–H groups in total. The number of rotatable bonds is 7. The minimum absolute atomic E-state index is 0.0961. The summed E-state index contributed by atoms with van der Waals surface area (Å²) in [6, 6.07) is 8.22. The van der Waals surface area contributed by atoms with Gasteiger partial charge in [-0.1, -0.05) is 42.3 Å². The topological polar surface area (TPSA) is 82.7 Å². The van der Waals surface area contributed by atoms with Crippen LogP contribution in [0.2, 0.25) is 0 Å². The third-order valence-electron chi connectivity index (χ3n) is 4.35. The molecular weight excluding hydrogens is 322 g/mol. The van der Waals surface area contributed by atoms with Crippen molar-refractivity contribution in [1.29, 1.82) is 0 Å². The number of carbonyl (C=O) groups is 1. The van der Waals surface area contributed by atoms with Gasteiger partial charge < -0.3 is 10.6 Å². The highest BCUT2D eigenvalue weighted by molar-refractivity contribution is 7.99. The van der Waals surface area contributed by atoms with Crippen molar-refractivity contribution in [2.75, 3.05) is 17.6 Å². The Morgan fingerprint density at radius 2 is 2.04 bits per heavy atom. The number of hydrogen-bond donors (Lipinski definition) is 3. The summed E-state index contributed by atoms with van der Waals surface area (Å²) in [4.78, 5) is 16.8. The van der Waals surface area contributed by atoms with Crippen LogP contribution in [0.5, 0.6) is 0 Å². The lowest BCUT2D eigenvalue weighted by molar-refractivity contribution is -0.125. The van der Waals surface area contributed by atoms with Gasteiger partial charge >= 0.3 is 0 Å². The molecular formula is C17H23N5OS. The van der Waals surface area contributed by atoms with E-state index >= 15 is 0 Å². The van der Waals surface area contributed by atoms with Crippen LogP contribution in [0, 0.1) is 6.92 Å². The Bertz CT molecular complexity index is 650. The molecule has 1 aliphatic rings. The summed E-state index contributed by atoms with van der Waals surface area (Å²) in [6.07, 6.45) is 5.40. The molecule has 7 heteroatoms. The van der Waals surface area contributed by atoms with Crippen molar-refractivity contribution in [3.8, 4) is 0 Å². The van der Waals surface area contributed by atoms with Gasteiger partial charge in [0, 0.05) is 18.0 Å². The molecule has 1 aliphatic carbocycles. The number of benzene rings is 1. The Morgan fingerprint density at radius 3 is 2.71 bits per heavy atom. The highest BCUT2D eigenvalue weighted by Gasteiger charge is 2.40. The third kappa shape index (κ3) is 4.08. The van der Waals surface area contributed by atoms with Gasteiger partial charge in [-0.25, -0.2) is 4.98 Å². The maximum absolute atomic E-state index is 12.8. The predicted octanol–water partition coefficient (Wildman–Crippen LogP) is 2.75. The number of hydrogen-bond acceptors (Lipinski definition) is 5. The van der Waals surface area contributed by atoms with Crippen molar-refractivity contribution in [3.05, 3.63) is 36.2 Å². The van der Waals surface area contributed by atoms with Gasteiger partial charge in [0.15, 0.2) is 5.16 Å². The van der Waals surface area contributed by atoms with Gasteiger partial charge in [0.2, 0.25) is 5.91 Å². The Kier molecular flexibility index (Phi) is 5.40. The molecule has 0 aliphatic heterocycles. The maximum atomic E-state index is 12.8. The lowest BCUT2D eigenvalue weighted by atomic mass is 9.95. The molecule has 2 aromatic rings. The van der Waals surface area contributed by atoms with E-state index in [-0.39, 0.29) is 5.91 Å². The van der Waals surface area contributed by atoms with Gasteiger partial charge in [-0.2, -0.15) is 5.10 Å². The minimum Gasteiger partial charge on any atom is -0.371 e. The number of anilines is 1. The average Bonchev–Trinajstić information content (AvgIpc) is 3.26. The molecule has 6 nitrogen and oxygen atoms in total. The molecule has 0 radical (unpaired) electrons. The zero-order chi connectivity index (χ0) is 16.8. The molecule has 3 rings (SSSR count). The van der Waals surface area contributed by atoms with E-state index in [0.29, 0.717) is 6.54 Å². The first kappa shape index (κ1) is 16.8. The van der Waals surface area contributed by atoms with E-state index in [2.05, 4.69) is 44.9 Å². The van der Waals surface area contributed by atoms with Crippen LogP contribution in [0.25, 0.3) is 0 Å². The van der Waals surface area contributed by atoms with Crippen molar-refractivity contribution >= 4 is 23.4 Å². The van der Waals surface area contributed by atoms with Crippen LogP contribution in [0.3, 0.4) is 0 Å². The first-order valence-electron chi connectivity index (χ1n) is 8.29. The SMILES string of the molecule is Cc1ccc(NC2(C(=O)NCCSc3ncn[nH]3)CCCC2)cc1. The van der Waals surface area contributed by atoms with Crippen molar-refractivity contribution in [2.45, 2.75) is 43.3 Å². The van der Waals surface area contributed by atoms with Gasteiger partial charge in [0.1, 0.15) is 11.9 Å². The van der Waals surface area contributed by atoms with Crippen LogP contribution >= 0.6 is 11.8 Å². The van der Waals surface area contributed by atoms with E-state index < -0.39 is 5.54 Å². The molecule has 1 amide bonds. The molecule has 0 bridgehead atoms. The van der Waals surface area contributed by atoms with Gasteiger partial charge in [-0.15, -0.1) is 0 Å². The number of carbonyl (C=O) groups excluding carboxylic acids is 1.